The SMILES string of the molecule is CC(=O)c1cc(F)c(-c2cc3nccc(Cl)c3o2)c(F)c1. The van der Waals surface area contributed by atoms with Gasteiger partial charge in [0, 0.05) is 17.8 Å². The fourth-order valence-corrected chi connectivity index (χ4v) is 2.23. The Morgan fingerprint density at radius 3 is 2.48 bits per heavy atom. The Morgan fingerprint density at radius 1 is 1.24 bits per heavy atom. The van der Waals surface area contributed by atoms with Crippen LogP contribution < -0.4 is 0 Å². The van der Waals surface area contributed by atoms with E-state index in [0.717, 1.165) is 12.1 Å². The number of furan rings is 1. The predicted octanol–water partition coefficient (Wildman–Crippen LogP) is 4.63. The highest BCUT2D eigenvalue weighted by atomic mass is 35.5. The van der Waals surface area contributed by atoms with E-state index in [9.17, 15) is 13.6 Å². The third-order valence-electron chi connectivity index (χ3n) is 3.06. The van der Waals surface area contributed by atoms with Crippen molar-refractivity contribution >= 4 is 28.5 Å². The summed E-state index contributed by atoms with van der Waals surface area (Å²) in [7, 11) is 0. The number of Topliss-reactive ketones (excluding diaryl/α,β-unsaturated/α-hetero) is 1. The fourth-order valence-electron chi connectivity index (χ4n) is 2.04. The van der Waals surface area contributed by atoms with Gasteiger partial charge in [-0.15, -0.1) is 0 Å². The van der Waals surface area contributed by atoms with E-state index in [0.29, 0.717) is 10.5 Å². The van der Waals surface area contributed by atoms with E-state index in [1.807, 2.05) is 0 Å². The molecule has 0 amide bonds. The highest BCUT2D eigenvalue weighted by Crippen LogP contribution is 2.34. The average molecular weight is 308 g/mol. The predicted molar refractivity (Wildman–Crippen MR) is 74.4 cm³/mol. The maximum Gasteiger partial charge on any atom is 0.171 e. The Morgan fingerprint density at radius 2 is 1.90 bits per heavy atom. The van der Waals surface area contributed by atoms with Gasteiger partial charge in [0.25, 0.3) is 0 Å². The number of rotatable bonds is 2. The van der Waals surface area contributed by atoms with Gasteiger partial charge in [0.2, 0.25) is 0 Å². The molecule has 3 rings (SSSR count). The number of carbonyl (C=O) groups excluding carboxylic acids is 1. The average Bonchev–Trinajstić information content (AvgIpc) is 2.82. The molecule has 0 fully saturated rings. The van der Waals surface area contributed by atoms with Crippen LogP contribution in [0.2, 0.25) is 5.02 Å². The standard InChI is InChI=1S/C15H8ClF2NO2/c1-7(20)8-4-10(17)14(11(18)5-8)13-6-12-15(21-13)9(16)2-3-19-12/h2-6H,1H3. The first kappa shape index (κ1) is 13.7. The summed E-state index contributed by atoms with van der Waals surface area (Å²) in [6, 6.07) is 4.87. The molecule has 0 aliphatic carbocycles. The van der Waals surface area contributed by atoms with Crippen LogP contribution in [-0.2, 0) is 0 Å². The first-order valence-electron chi connectivity index (χ1n) is 6.02. The summed E-state index contributed by atoms with van der Waals surface area (Å²) in [4.78, 5) is 15.2. The number of hydrogen-bond acceptors (Lipinski definition) is 3. The normalized spacial score (nSPS) is 11.0. The summed E-state index contributed by atoms with van der Waals surface area (Å²) in [6.45, 7) is 1.23. The Kier molecular flexibility index (Phi) is 3.22. The highest BCUT2D eigenvalue weighted by Gasteiger charge is 2.19. The zero-order chi connectivity index (χ0) is 15.1. The number of fused-ring (bicyclic) bond motifs is 1. The van der Waals surface area contributed by atoms with Gasteiger partial charge in [-0.3, -0.25) is 9.78 Å². The van der Waals surface area contributed by atoms with Crippen LogP contribution in [0.5, 0.6) is 0 Å². The monoisotopic (exact) mass is 307 g/mol. The van der Waals surface area contributed by atoms with E-state index < -0.39 is 17.4 Å². The van der Waals surface area contributed by atoms with Crippen molar-refractivity contribution in [1.29, 1.82) is 0 Å². The fraction of sp³-hybridized carbons (Fsp3) is 0.0667. The van der Waals surface area contributed by atoms with Gasteiger partial charge in [0.15, 0.2) is 11.4 Å². The van der Waals surface area contributed by atoms with Crippen LogP contribution in [0.15, 0.2) is 34.9 Å². The van der Waals surface area contributed by atoms with Crippen molar-refractivity contribution in [2.45, 2.75) is 6.92 Å². The zero-order valence-corrected chi connectivity index (χ0v) is 11.5. The van der Waals surface area contributed by atoms with Crippen molar-refractivity contribution < 1.29 is 18.0 Å². The Bertz CT molecular complexity index is 850. The highest BCUT2D eigenvalue weighted by molar-refractivity contribution is 6.34. The lowest BCUT2D eigenvalue weighted by atomic mass is 10.1. The molecular formula is C15H8ClF2NO2. The second-order valence-electron chi connectivity index (χ2n) is 4.49. The lowest BCUT2D eigenvalue weighted by Gasteiger charge is -2.04. The van der Waals surface area contributed by atoms with Gasteiger partial charge in [0.1, 0.15) is 22.9 Å². The van der Waals surface area contributed by atoms with Crippen molar-refractivity contribution in [2.75, 3.05) is 0 Å². The number of carbonyl (C=O) groups is 1. The molecule has 0 saturated carbocycles. The van der Waals surface area contributed by atoms with Crippen molar-refractivity contribution in [3.05, 3.63) is 52.7 Å². The molecule has 3 aromatic rings. The summed E-state index contributed by atoms with van der Waals surface area (Å²) < 4.78 is 33.5. The van der Waals surface area contributed by atoms with E-state index in [4.69, 9.17) is 16.0 Å². The Labute approximate surface area is 123 Å². The molecule has 0 aliphatic heterocycles. The lowest BCUT2D eigenvalue weighted by molar-refractivity contribution is 0.101. The summed E-state index contributed by atoms with van der Waals surface area (Å²) in [5.74, 6) is -2.21. The summed E-state index contributed by atoms with van der Waals surface area (Å²) in [5, 5.41) is 0.299. The number of hydrogen-bond donors (Lipinski definition) is 0. The number of halogens is 3. The van der Waals surface area contributed by atoms with E-state index in [-0.39, 0.29) is 22.5 Å². The van der Waals surface area contributed by atoms with Crippen LogP contribution in [-0.4, -0.2) is 10.8 Å². The third kappa shape index (κ3) is 2.29. The summed E-state index contributed by atoms with van der Waals surface area (Å²) in [6.07, 6.45) is 1.47. The van der Waals surface area contributed by atoms with Crippen LogP contribution in [0.1, 0.15) is 17.3 Å². The first-order chi connectivity index (χ1) is 9.97. The Hall–Kier alpha value is -2.27. The van der Waals surface area contributed by atoms with Crippen molar-refractivity contribution in [2.24, 2.45) is 0 Å². The minimum Gasteiger partial charge on any atom is -0.453 e. The molecule has 2 heterocycles. The first-order valence-corrected chi connectivity index (χ1v) is 6.39. The van der Waals surface area contributed by atoms with Crippen molar-refractivity contribution in [1.82, 2.24) is 4.98 Å². The molecule has 0 spiro atoms. The van der Waals surface area contributed by atoms with Crippen LogP contribution in [0, 0.1) is 11.6 Å². The van der Waals surface area contributed by atoms with Crippen LogP contribution in [0.25, 0.3) is 22.4 Å². The third-order valence-corrected chi connectivity index (χ3v) is 3.36. The second kappa shape index (κ2) is 4.93. The summed E-state index contributed by atoms with van der Waals surface area (Å²) in [5.41, 5.74) is 0.255. The van der Waals surface area contributed by atoms with E-state index in [1.54, 1.807) is 0 Å². The number of ketones is 1. The van der Waals surface area contributed by atoms with Crippen LogP contribution in [0.4, 0.5) is 8.78 Å². The van der Waals surface area contributed by atoms with Gasteiger partial charge in [-0.2, -0.15) is 0 Å². The minimum absolute atomic E-state index is 0.0318. The quantitative estimate of drug-likeness (QED) is 0.648. The largest absolute Gasteiger partial charge is 0.453 e. The molecule has 2 aromatic heterocycles. The molecular weight excluding hydrogens is 300 g/mol. The number of pyridine rings is 1. The second-order valence-corrected chi connectivity index (χ2v) is 4.90. The maximum absolute atomic E-state index is 14.1. The van der Waals surface area contributed by atoms with Crippen molar-refractivity contribution in [3.63, 3.8) is 0 Å². The molecule has 0 radical (unpaired) electrons. The van der Waals surface area contributed by atoms with Gasteiger partial charge >= 0.3 is 0 Å². The van der Waals surface area contributed by atoms with Crippen LogP contribution in [0.3, 0.4) is 0 Å². The van der Waals surface area contributed by atoms with Crippen LogP contribution >= 0.6 is 11.6 Å². The van der Waals surface area contributed by atoms with E-state index in [2.05, 4.69) is 4.98 Å². The topological polar surface area (TPSA) is 43.1 Å². The number of benzene rings is 1. The molecule has 0 aliphatic rings. The van der Waals surface area contributed by atoms with Gasteiger partial charge in [-0.25, -0.2) is 8.78 Å². The lowest BCUT2D eigenvalue weighted by Crippen LogP contribution is -1.97. The van der Waals surface area contributed by atoms with Gasteiger partial charge < -0.3 is 4.42 Å². The summed E-state index contributed by atoms with van der Waals surface area (Å²) >= 11 is 5.94. The molecule has 0 saturated heterocycles. The maximum atomic E-state index is 14.1. The van der Waals surface area contributed by atoms with Crippen molar-refractivity contribution in [3.8, 4) is 11.3 Å². The van der Waals surface area contributed by atoms with Gasteiger partial charge in [0.05, 0.1) is 10.6 Å². The molecule has 0 atom stereocenters. The zero-order valence-electron chi connectivity index (χ0n) is 10.8. The van der Waals surface area contributed by atoms with E-state index >= 15 is 0 Å². The molecule has 106 valence electrons. The molecule has 1 aromatic carbocycles. The molecule has 0 bridgehead atoms. The smallest absolute Gasteiger partial charge is 0.171 e. The van der Waals surface area contributed by atoms with E-state index in [1.165, 1.54) is 25.3 Å². The molecule has 21 heavy (non-hydrogen) atoms. The van der Waals surface area contributed by atoms with Gasteiger partial charge in [-0.1, -0.05) is 11.6 Å². The molecule has 3 nitrogen and oxygen atoms in total. The minimum atomic E-state index is -0.879. The van der Waals surface area contributed by atoms with Gasteiger partial charge in [-0.05, 0) is 25.1 Å². The molecule has 6 heteroatoms. The Balaban J connectivity index is 2.23. The molecule has 0 unspecified atom stereocenters. The molecule has 0 N–H and O–H groups in total. The number of nitrogens with zero attached hydrogens (tertiary/aromatic N) is 1. The number of aromatic nitrogens is 1.